The zero-order chi connectivity index (χ0) is 14.4. The molecule has 1 aromatic rings. The minimum atomic E-state index is -0.419. The summed E-state index contributed by atoms with van der Waals surface area (Å²) in [6.45, 7) is 3.38. The molecule has 1 aliphatic rings. The molecule has 4 heteroatoms. The smallest absolute Gasteiger partial charge is 0.128 e. The van der Waals surface area contributed by atoms with Gasteiger partial charge in [-0.15, -0.1) is 0 Å². The first-order valence-electron chi connectivity index (χ1n) is 7.48. The summed E-state index contributed by atoms with van der Waals surface area (Å²) in [7, 11) is 0. The van der Waals surface area contributed by atoms with Gasteiger partial charge in [-0.2, -0.15) is 0 Å². The molecule has 1 saturated carbocycles. The van der Waals surface area contributed by atoms with Gasteiger partial charge in [-0.3, -0.25) is 0 Å². The molecule has 1 fully saturated rings. The quantitative estimate of drug-likeness (QED) is 0.857. The lowest BCUT2D eigenvalue weighted by Gasteiger charge is -2.29. The molecule has 1 N–H and O–H groups in total. The summed E-state index contributed by atoms with van der Waals surface area (Å²) in [5.74, 6) is -0.817. The summed E-state index contributed by atoms with van der Waals surface area (Å²) < 4.78 is 32.2. The molecular weight excluding hydrogens is 260 g/mol. The second kappa shape index (κ2) is 7.70. The van der Waals surface area contributed by atoms with E-state index >= 15 is 0 Å². The van der Waals surface area contributed by atoms with Crippen molar-refractivity contribution in [2.45, 2.75) is 57.8 Å². The van der Waals surface area contributed by atoms with Crippen LogP contribution in [0, 0.1) is 11.6 Å². The summed E-state index contributed by atoms with van der Waals surface area (Å²) in [4.78, 5) is 0. The molecule has 0 amide bonds. The number of halogens is 2. The number of benzene rings is 1. The Morgan fingerprint density at radius 1 is 1.20 bits per heavy atom. The van der Waals surface area contributed by atoms with E-state index in [1.165, 1.54) is 6.07 Å². The third-order valence-electron chi connectivity index (χ3n) is 3.84. The van der Waals surface area contributed by atoms with Crippen LogP contribution >= 0.6 is 0 Å². The first kappa shape index (κ1) is 15.4. The van der Waals surface area contributed by atoms with Crippen molar-refractivity contribution < 1.29 is 13.5 Å². The molecule has 2 rings (SSSR count). The van der Waals surface area contributed by atoms with Gasteiger partial charge in [0.1, 0.15) is 11.6 Å². The van der Waals surface area contributed by atoms with Gasteiger partial charge in [-0.25, -0.2) is 8.78 Å². The highest BCUT2D eigenvalue weighted by molar-refractivity contribution is 5.17. The highest BCUT2D eigenvalue weighted by Crippen LogP contribution is 2.23. The Balaban J connectivity index is 1.74. The van der Waals surface area contributed by atoms with Crippen LogP contribution in [0.15, 0.2) is 18.2 Å². The zero-order valence-electron chi connectivity index (χ0n) is 12.0. The zero-order valence-corrected chi connectivity index (χ0v) is 12.0. The van der Waals surface area contributed by atoms with Crippen LogP contribution in [0.1, 0.15) is 44.6 Å². The van der Waals surface area contributed by atoms with Crippen LogP contribution in [0.4, 0.5) is 8.78 Å². The Bertz CT molecular complexity index is 417. The van der Waals surface area contributed by atoms with E-state index in [9.17, 15) is 8.78 Å². The largest absolute Gasteiger partial charge is 0.373 e. The molecule has 0 aliphatic heterocycles. The first-order chi connectivity index (χ1) is 9.69. The van der Waals surface area contributed by atoms with E-state index in [-0.39, 0.29) is 12.7 Å². The Labute approximate surface area is 119 Å². The molecule has 0 heterocycles. The van der Waals surface area contributed by atoms with Crippen molar-refractivity contribution in [3.63, 3.8) is 0 Å². The Morgan fingerprint density at radius 2 is 1.95 bits per heavy atom. The maximum atomic E-state index is 13.5. The minimum absolute atomic E-state index is 0.154. The lowest BCUT2D eigenvalue weighted by atomic mass is 9.93. The second-order valence-electron chi connectivity index (χ2n) is 5.47. The normalized spacial score (nSPS) is 22.9. The van der Waals surface area contributed by atoms with Crippen molar-refractivity contribution in [3.05, 3.63) is 35.4 Å². The predicted molar refractivity (Wildman–Crippen MR) is 75.5 cm³/mol. The summed E-state index contributed by atoms with van der Waals surface area (Å²) in [5, 5.41) is 3.52. The summed E-state index contributed by atoms with van der Waals surface area (Å²) >= 11 is 0. The van der Waals surface area contributed by atoms with Gasteiger partial charge < -0.3 is 10.1 Å². The molecule has 0 aromatic heterocycles. The van der Waals surface area contributed by atoms with Gasteiger partial charge in [0.2, 0.25) is 0 Å². The molecule has 0 unspecified atom stereocenters. The second-order valence-corrected chi connectivity index (χ2v) is 5.47. The maximum absolute atomic E-state index is 13.5. The third kappa shape index (κ3) is 4.53. The topological polar surface area (TPSA) is 21.3 Å². The fourth-order valence-electron chi connectivity index (χ4n) is 2.64. The van der Waals surface area contributed by atoms with Crippen LogP contribution in [-0.4, -0.2) is 18.7 Å². The van der Waals surface area contributed by atoms with Gasteiger partial charge in [0.15, 0.2) is 0 Å². The molecule has 0 bridgehead atoms. The predicted octanol–water partition coefficient (Wildman–Crippen LogP) is 3.79. The van der Waals surface area contributed by atoms with Gasteiger partial charge in [0.25, 0.3) is 0 Å². The monoisotopic (exact) mass is 283 g/mol. The fourth-order valence-corrected chi connectivity index (χ4v) is 2.64. The summed E-state index contributed by atoms with van der Waals surface area (Å²) in [5.41, 5.74) is 0.302. The molecule has 0 atom stereocenters. The molecule has 0 saturated heterocycles. The molecule has 1 aliphatic carbocycles. The molecule has 20 heavy (non-hydrogen) atoms. The number of rotatable bonds is 6. The molecule has 1 aromatic carbocycles. The molecule has 0 spiro atoms. The van der Waals surface area contributed by atoms with Crippen molar-refractivity contribution in [2.75, 3.05) is 6.54 Å². The van der Waals surface area contributed by atoms with E-state index < -0.39 is 11.6 Å². The minimum Gasteiger partial charge on any atom is -0.373 e. The Kier molecular flexibility index (Phi) is 5.92. The summed E-state index contributed by atoms with van der Waals surface area (Å²) in [6.07, 6.45) is 5.47. The van der Waals surface area contributed by atoms with Crippen LogP contribution in [0.3, 0.4) is 0 Å². The number of ether oxygens (including phenoxy) is 1. The number of hydrogen-bond donors (Lipinski definition) is 1. The van der Waals surface area contributed by atoms with Crippen molar-refractivity contribution >= 4 is 0 Å². The lowest BCUT2D eigenvalue weighted by molar-refractivity contribution is 0.0100. The van der Waals surface area contributed by atoms with Crippen molar-refractivity contribution in [1.82, 2.24) is 5.32 Å². The SMILES string of the molecule is CCCNC1CCC(OCc2cc(F)ccc2F)CC1. The molecule has 2 nitrogen and oxygen atoms in total. The van der Waals surface area contributed by atoms with Gasteiger partial charge in [-0.1, -0.05) is 6.92 Å². The fraction of sp³-hybridized carbons (Fsp3) is 0.625. The van der Waals surface area contributed by atoms with E-state index in [0.717, 1.165) is 50.8 Å². The van der Waals surface area contributed by atoms with Crippen LogP contribution < -0.4 is 5.32 Å². The highest BCUT2D eigenvalue weighted by Gasteiger charge is 2.21. The van der Waals surface area contributed by atoms with Crippen molar-refractivity contribution in [2.24, 2.45) is 0 Å². The standard InChI is InChI=1S/C16H23F2NO/c1-2-9-19-14-4-6-15(7-5-14)20-11-12-10-13(17)3-8-16(12)18/h3,8,10,14-15,19H,2,4-7,9,11H2,1H3. The maximum Gasteiger partial charge on any atom is 0.128 e. The van der Waals surface area contributed by atoms with Crippen molar-refractivity contribution in [3.8, 4) is 0 Å². The van der Waals surface area contributed by atoms with E-state index in [2.05, 4.69) is 12.2 Å². The molecule has 0 radical (unpaired) electrons. The highest BCUT2D eigenvalue weighted by atomic mass is 19.1. The van der Waals surface area contributed by atoms with Crippen LogP contribution in [0.5, 0.6) is 0 Å². The van der Waals surface area contributed by atoms with Crippen LogP contribution in [0.25, 0.3) is 0 Å². The van der Waals surface area contributed by atoms with Gasteiger partial charge in [0, 0.05) is 11.6 Å². The van der Waals surface area contributed by atoms with Gasteiger partial charge in [0.05, 0.1) is 12.7 Å². The molecular formula is C16H23F2NO. The van der Waals surface area contributed by atoms with Crippen molar-refractivity contribution in [1.29, 1.82) is 0 Å². The van der Waals surface area contributed by atoms with E-state index in [4.69, 9.17) is 4.74 Å². The van der Waals surface area contributed by atoms with Crippen LogP contribution in [0.2, 0.25) is 0 Å². The first-order valence-corrected chi connectivity index (χ1v) is 7.48. The average molecular weight is 283 g/mol. The van der Waals surface area contributed by atoms with E-state index in [1.54, 1.807) is 0 Å². The average Bonchev–Trinajstić information content (AvgIpc) is 2.47. The lowest BCUT2D eigenvalue weighted by Crippen LogP contribution is -2.35. The van der Waals surface area contributed by atoms with E-state index in [1.807, 2.05) is 0 Å². The number of nitrogens with one attached hydrogen (secondary N) is 1. The van der Waals surface area contributed by atoms with Gasteiger partial charge >= 0.3 is 0 Å². The Morgan fingerprint density at radius 3 is 2.65 bits per heavy atom. The molecule has 112 valence electrons. The Hall–Kier alpha value is -1.00. The number of hydrogen-bond acceptors (Lipinski definition) is 2. The summed E-state index contributed by atoms with van der Waals surface area (Å²) in [6, 6.07) is 4.08. The van der Waals surface area contributed by atoms with Crippen LogP contribution in [-0.2, 0) is 11.3 Å². The van der Waals surface area contributed by atoms with E-state index in [0.29, 0.717) is 11.6 Å². The van der Waals surface area contributed by atoms with Gasteiger partial charge in [-0.05, 0) is 56.8 Å². The third-order valence-corrected chi connectivity index (χ3v) is 3.84.